The van der Waals surface area contributed by atoms with Crippen molar-refractivity contribution in [2.45, 2.75) is 109 Å². The molecule has 0 aromatic heterocycles. The van der Waals surface area contributed by atoms with E-state index >= 15 is 0 Å². The molecule has 4 rings (SSSR count). The fraction of sp³-hybridized carbons (Fsp3) is 0.415. The molecule has 1 aliphatic carbocycles. The Kier molecular flexibility index (Phi) is 12.5. The lowest BCUT2D eigenvalue weighted by Gasteiger charge is -2.44. The molecule has 51 heavy (non-hydrogen) atoms. The summed E-state index contributed by atoms with van der Waals surface area (Å²) in [5.41, 5.74) is 0.607. The van der Waals surface area contributed by atoms with Gasteiger partial charge in [-0.25, -0.2) is 9.59 Å². The van der Waals surface area contributed by atoms with Gasteiger partial charge in [-0.05, 0) is 95.7 Å². The third kappa shape index (κ3) is 11.1. The molecule has 1 fully saturated rings. The van der Waals surface area contributed by atoms with E-state index in [-0.39, 0.29) is 24.6 Å². The van der Waals surface area contributed by atoms with Crippen LogP contribution in [-0.4, -0.2) is 63.2 Å². The average molecular weight is 696 g/mol. The first kappa shape index (κ1) is 38.5. The number of hydrogen-bond donors (Lipinski definition) is 3. The Morgan fingerprint density at radius 1 is 0.804 bits per heavy atom. The van der Waals surface area contributed by atoms with Crippen LogP contribution in [0.15, 0.2) is 78.9 Å². The Labute approximate surface area is 300 Å². The molecule has 3 unspecified atom stereocenters. The Bertz CT molecular complexity index is 1710. The second-order valence-electron chi connectivity index (χ2n) is 14.8. The topological polar surface area (TPSA) is 134 Å². The smallest absolute Gasteiger partial charge is 0.408 e. The van der Waals surface area contributed by atoms with Crippen molar-refractivity contribution in [3.63, 3.8) is 0 Å². The van der Waals surface area contributed by atoms with Crippen LogP contribution >= 0.6 is 0 Å². The first-order valence-corrected chi connectivity index (χ1v) is 17.3. The lowest BCUT2D eigenvalue weighted by Crippen LogP contribution is -2.59. The van der Waals surface area contributed by atoms with E-state index in [0.29, 0.717) is 29.5 Å². The van der Waals surface area contributed by atoms with E-state index in [2.05, 4.69) is 16.6 Å². The number of phenolic OH excluding ortho intramolecular Hbond substituents is 1. The summed E-state index contributed by atoms with van der Waals surface area (Å²) in [6.07, 6.45) is 7.40. The van der Waals surface area contributed by atoms with Crippen LogP contribution < -0.4 is 10.6 Å². The van der Waals surface area contributed by atoms with Crippen LogP contribution in [0.4, 0.5) is 4.79 Å². The second-order valence-corrected chi connectivity index (χ2v) is 14.8. The lowest BCUT2D eigenvalue weighted by molar-refractivity contribution is -0.159. The third-order valence-corrected chi connectivity index (χ3v) is 8.32. The molecule has 0 radical (unpaired) electrons. The zero-order valence-electron chi connectivity index (χ0n) is 30.3. The number of hydrogen-bond acceptors (Lipinski definition) is 7. The van der Waals surface area contributed by atoms with Crippen LogP contribution in [0.1, 0.15) is 89.1 Å². The predicted molar refractivity (Wildman–Crippen MR) is 194 cm³/mol. The highest BCUT2D eigenvalue weighted by molar-refractivity contribution is 5.94. The standard InChI is InChI=1S/C41H49N3O7/c1-8-29-17-12-13-20-32(29)35(36(46)42-34(38(48)50-40(2,3)4)26-27-15-10-9-11-16-27)44(30-18-14-19-30)37(47)33(43-39(49)51-41(5,6)7)25-28-21-23-31(45)24-22-28/h1,9-13,15-17,20-24,30,33-35,45H,14,18-19,25-26H2,2-7H3,(H,42,46)(H,43,49). The van der Waals surface area contributed by atoms with Crippen molar-refractivity contribution in [2.24, 2.45) is 0 Å². The Morgan fingerprint density at radius 3 is 1.94 bits per heavy atom. The van der Waals surface area contributed by atoms with Crippen molar-refractivity contribution in [1.29, 1.82) is 0 Å². The maximum absolute atomic E-state index is 15.0. The van der Waals surface area contributed by atoms with Gasteiger partial charge in [-0.2, -0.15) is 0 Å². The van der Waals surface area contributed by atoms with Crippen molar-refractivity contribution < 1.29 is 33.8 Å². The third-order valence-electron chi connectivity index (χ3n) is 8.32. The van der Waals surface area contributed by atoms with Gasteiger partial charge in [-0.3, -0.25) is 9.59 Å². The van der Waals surface area contributed by atoms with Gasteiger partial charge < -0.3 is 30.1 Å². The number of ether oxygens (including phenoxy) is 2. The van der Waals surface area contributed by atoms with Gasteiger partial charge in [0.1, 0.15) is 35.1 Å². The van der Waals surface area contributed by atoms with E-state index in [1.807, 2.05) is 30.3 Å². The molecule has 0 heterocycles. The van der Waals surface area contributed by atoms with Gasteiger partial charge in [0.25, 0.3) is 0 Å². The molecule has 10 nitrogen and oxygen atoms in total. The maximum atomic E-state index is 15.0. The zero-order valence-corrected chi connectivity index (χ0v) is 30.3. The number of nitrogens with zero attached hydrogens (tertiary/aromatic N) is 1. The largest absolute Gasteiger partial charge is 0.508 e. The Balaban J connectivity index is 1.80. The minimum atomic E-state index is -1.27. The number of benzene rings is 3. The summed E-state index contributed by atoms with van der Waals surface area (Å²) in [5, 5.41) is 15.6. The zero-order chi connectivity index (χ0) is 37.3. The van der Waals surface area contributed by atoms with Crippen molar-refractivity contribution in [2.75, 3.05) is 0 Å². The number of aromatic hydroxyl groups is 1. The van der Waals surface area contributed by atoms with Crippen LogP contribution in [0.5, 0.6) is 5.75 Å². The number of amides is 3. The SMILES string of the molecule is C#Cc1ccccc1C(C(=O)NC(Cc1ccccc1)C(=O)OC(C)(C)C)N(C(=O)C(Cc1ccc(O)cc1)NC(=O)OC(C)(C)C)C1CCC1. The first-order valence-electron chi connectivity index (χ1n) is 17.3. The van der Waals surface area contributed by atoms with Crippen molar-refractivity contribution in [3.8, 4) is 18.1 Å². The minimum absolute atomic E-state index is 0.0429. The van der Waals surface area contributed by atoms with E-state index in [4.69, 9.17) is 15.9 Å². The summed E-state index contributed by atoms with van der Waals surface area (Å²) in [6.45, 7) is 10.4. The van der Waals surface area contributed by atoms with Gasteiger partial charge in [0.15, 0.2) is 0 Å². The van der Waals surface area contributed by atoms with Gasteiger partial charge in [0.05, 0.1) is 0 Å². The molecule has 0 spiro atoms. The van der Waals surface area contributed by atoms with Crippen LogP contribution in [-0.2, 0) is 36.7 Å². The highest BCUT2D eigenvalue weighted by Gasteiger charge is 2.43. The van der Waals surface area contributed by atoms with E-state index in [0.717, 1.165) is 12.0 Å². The van der Waals surface area contributed by atoms with Gasteiger partial charge in [0, 0.05) is 24.4 Å². The minimum Gasteiger partial charge on any atom is -0.508 e. The molecule has 1 aliphatic rings. The molecule has 0 saturated heterocycles. The molecule has 270 valence electrons. The van der Waals surface area contributed by atoms with E-state index in [1.165, 1.54) is 17.0 Å². The van der Waals surface area contributed by atoms with E-state index < -0.39 is 53.2 Å². The molecule has 3 amide bonds. The predicted octanol–water partition coefficient (Wildman–Crippen LogP) is 6.00. The molecule has 3 N–H and O–H groups in total. The summed E-state index contributed by atoms with van der Waals surface area (Å²) in [4.78, 5) is 58.0. The molecular formula is C41H49N3O7. The molecule has 3 aromatic rings. The van der Waals surface area contributed by atoms with Crippen LogP contribution in [0, 0.1) is 12.3 Å². The molecule has 10 heteroatoms. The fourth-order valence-corrected chi connectivity index (χ4v) is 5.83. The van der Waals surface area contributed by atoms with Gasteiger partial charge >= 0.3 is 12.1 Å². The number of nitrogens with one attached hydrogen (secondary N) is 2. The molecule has 3 aromatic carbocycles. The number of terminal acetylenes is 1. The molecule has 3 atom stereocenters. The van der Waals surface area contributed by atoms with Gasteiger partial charge in [0.2, 0.25) is 11.8 Å². The van der Waals surface area contributed by atoms with Gasteiger partial charge in [-0.15, -0.1) is 6.42 Å². The van der Waals surface area contributed by atoms with Crippen LogP contribution in [0.3, 0.4) is 0 Å². The van der Waals surface area contributed by atoms with Crippen LogP contribution in [0.2, 0.25) is 0 Å². The Morgan fingerprint density at radius 2 is 1.37 bits per heavy atom. The van der Waals surface area contributed by atoms with Crippen LogP contribution in [0.25, 0.3) is 0 Å². The summed E-state index contributed by atoms with van der Waals surface area (Å²) in [7, 11) is 0. The summed E-state index contributed by atoms with van der Waals surface area (Å²) < 4.78 is 11.3. The number of esters is 1. The lowest BCUT2D eigenvalue weighted by atomic mass is 9.86. The van der Waals surface area contributed by atoms with Gasteiger partial charge in [-0.1, -0.05) is 66.6 Å². The first-order chi connectivity index (χ1) is 24.0. The average Bonchev–Trinajstić information content (AvgIpc) is 3.02. The number of carbonyl (C=O) groups is 4. The normalized spacial score (nSPS) is 14.8. The molecule has 1 saturated carbocycles. The van der Waals surface area contributed by atoms with Crippen molar-refractivity contribution in [1.82, 2.24) is 15.5 Å². The van der Waals surface area contributed by atoms with Crippen molar-refractivity contribution >= 4 is 23.9 Å². The monoisotopic (exact) mass is 695 g/mol. The molecule has 0 bridgehead atoms. The van der Waals surface area contributed by atoms with E-state index in [1.54, 1.807) is 77.9 Å². The maximum Gasteiger partial charge on any atom is 0.408 e. The summed E-state index contributed by atoms with van der Waals surface area (Å²) in [6, 6.07) is 18.6. The number of alkyl carbamates (subject to hydrolysis) is 1. The number of rotatable bonds is 12. The Hall–Kier alpha value is -5.30. The summed E-state index contributed by atoms with van der Waals surface area (Å²) in [5.74, 6) is 0.939. The molecule has 0 aliphatic heterocycles. The van der Waals surface area contributed by atoms with E-state index in [9.17, 15) is 24.3 Å². The number of phenols is 1. The highest BCUT2D eigenvalue weighted by atomic mass is 16.6. The second kappa shape index (κ2) is 16.6. The number of carbonyl (C=O) groups excluding carboxylic acids is 4. The summed E-state index contributed by atoms with van der Waals surface area (Å²) >= 11 is 0. The highest BCUT2D eigenvalue weighted by Crippen LogP contribution is 2.35. The quantitative estimate of drug-likeness (QED) is 0.156. The molecular weight excluding hydrogens is 646 g/mol. The fourth-order valence-electron chi connectivity index (χ4n) is 5.83. The van der Waals surface area contributed by atoms with Crippen molar-refractivity contribution in [3.05, 3.63) is 101 Å².